The van der Waals surface area contributed by atoms with Crippen LogP contribution in [0.1, 0.15) is 164 Å². The number of anilines is 2. The molecule has 4 aliphatic rings. The molecule has 4 fully saturated rings. The Morgan fingerprint density at radius 3 is 2.15 bits per heavy atom. The van der Waals surface area contributed by atoms with Crippen LogP contribution in [0.4, 0.5) is 11.4 Å². The Kier molecular flexibility index (Phi) is 15.6. The van der Waals surface area contributed by atoms with Gasteiger partial charge in [-0.3, -0.25) is 4.79 Å². The van der Waals surface area contributed by atoms with Gasteiger partial charge in [-0.2, -0.15) is 0 Å². The molecule has 1 aromatic carbocycles. The highest BCUT2D eigenvalue weighted by molar-refractivity contribution is 5.98. The zero-order valence-electron chi connectivity index (χ0n) is 33.1. The van der Waals surface area contributed by atoms with E-state index >= 15 is 0 Å². The topological polar surface area (TPSA) is 75.3 Å². The smallest absolute Gasteiger partial charge is 0.163 e. The summed E-state index contributed by atoms with van der Waals surface area (Å²) in [5, 5.41) is 14.7. The lowest BCUT2D eigenvalue weighted by Crippen LogP contribution is -2.60. The maximum absolute atomic E-state index is 13.8. The van der Waals surface area contributed by atoms with Crippen LogP contribution in [0.15, 0.2) is 29.8 Å². The van der Waals surface area contributed by atoms with Crippen molar-refractivity contribution in [2.24, 2.45) is 51.8 Å². The summed E-state index contributed by atoms with van der Waals surface area (Å²) < 4.78 is 0. The van der Waals surface area contributed by atoms with Crippen LogP contribution >= 0.6 is 0 Å². The summed E-state index contributed by atoms with van der Waals surface area (Å²) >= 11 is 0. The molecular formula is C43H76N2O2. The van der Waals surface area contributed by atoms with E-state index in [2.05, 4.69) is 52.9 Å². The summed E-state index contributed by atoms with van der Waals surface area (Å²) in [6.45, 7) is 26.4. The quantitative estimate of drug-likeness (QED) is 0.148. The highest BCUT2D eigenvalue weighted by atomic mass is 16.3. The Bertz CT molecular complexity index is 1160. The van der Waals surface area contributed by atoms with Crippen molar-refractivity contribution >= 4 is 17.2 Å². The minimum atomic E-state index is -0.433. The molecule has 0 radical (unpaired) electrons. The molecule has 0 heterocycles. The first-order valence-corrected chi connectivity index (χ1v) is 19.8. The molecule has 0 aromatic heterocycles. The summed E-state index contributed by atoms with van der Waals surface area (Å²) in [5.41, 5.74) is 9.97. The number of nitrogen functional groups attached to an aromatic ring is 1. The third-order valence-electron chi connectivity index (χ3n) is 13.4. The molecule has 10 unspecified atom stereocenters. The maximum Gasteiger partial charge on any atom is 0.163 e. The molecule has 4 saturated carbocycles. The third kappa shape index (κ3) is 8.33. The molecule has 0 aliphatic heterocycles. The molecule has 0 saturated heterocycles. The normalized spacial score (nSPS) is 35.8. The number of benzene rings is 1. The summed E-state index contributed by atoms with van der Waals surface area (Å²) in [5.74, 6) is 4.47. The van der Waals surface area contributed by atoms with Crippen LogP contribution in [-0.4, -0.2) is 24.0 Å². The van der Waals surface area contributed by atoms with Gasteiger partial charge in [-0.05, 0) is 143 Å². The number of hydrogen-bond acceptors (Lipinski definition) is 4. The Morgan fingerprint density at radius 2 is 1.53 bits per heavy atom. The van der Waals surface area contributed by atoms with Gasteiger partial charge in [0, 0.05) is 35.8 Å². The van der Waals surface area contributed by atoms with Gasteiger partial charge in [-0.25, -0.2) is 0 Å². The SMILES string of the molecule is CC.CC.CC.CNc1cc(N)cc(C(=O)CC2(C)C(O)CCC3(C)C4CCC5(C)C(C(C)CCC=C(C)C)CCC5C4CCC23)c1. The minimum Gasteiger partial charge on any atom is -0.399 e. The number of allylic oxidation sites excluding steroid dienone is 2. The number of fused-ring (bicyclic) bond motifs is 5. The monoisotopic (exact) mass is 653 g/mol. The number of carbonyl (C=O) groups excluding carboxylic acids is 1. The lowest BCUT2D eigenvalue weighted by Gasteiger charge is -2.65. The van der Waals surface area contributed by atoms with E-state index in [0.29, 0.717) is 34.9 Å². The molecule has 270 valence electrons. The van der Waals surface area contributed by atoms with E-state index in [4.69, 9.17) is 5.73 Å². The molecule has 1 aromatic rings. The number of rotatable bonds is 8. The Balaban J connectivity index is 0.00000121. The fourth-order valence-corrected chi connectivity index (χ4v) is 11.4. The van der Waals surface area contributed by atoms with Crippen LogP contribution in [0.25, 0.3) is 0 Å². The van der Waals surface area contributed by atoms with Crippen molar-refractivity contribution in [2.45, 2.75) is 160 Å². The zero-order chi connectivity index (χ0) is 35.7. The van der Waals surface area contributed by atoms with Gasteiger partial charge in [0.2, 0.25) is 0 Å². The molecule has 0 bridgehead atoms. The fraction of sp³-hybridized carbons (Fsp3) is 0.791. The zero-order valence-corrected chi connectivity index (χ0v) is 33.1. The second-order valence-electron chi connectivity index (χ2n) is 15.8. The van der Waals surface area contributed by atoms with E-state index < -0.39 is 11.5 Å². The summed E-state index contributed by atoms with van der Waals surface area (Å²) in [6.07, 6.45) is 14.7. The summed E-state index contributed by atoms with van der Waals surface area (Å²) in [6, 6.07) is 5.57. The van der Waals surface area contributed by atoms with Gasteiger partial charge >= 0.3 is 0 Å². The van der Waals surface area contributed by atoms with Crippen molar-refractivity contribution in [1.82, 2.24) is 0 Å². The number of carbonyl (C=O) groups is 1. The Hall–Kier alpha value is -1.81. The number of nitrogens with two attached hydrogens (primary N) is 1. The number of ketones is 1. The largest absolute Gasteiger partial charge is 0.399 e. The second-order valence-corrected chi connectivity index (χ2v) is 15.8. The number of hydrogen-bond donors (Lipinski definition) is 3. The number of nitrogens with one attached hydrogen (secondary N) is 1. The van der Waals surface area contributed by atoms with Gasteiger partial charge in [0.25, 0.3) is 0 Å². The second kappa shape index (κ2) is 17.7. The maximum atomic E-state index is 13.8. The fourth-order valence-electron chi connectivity index (χ4n) is 11.4. The van der Waals surface area contributed by atoms with Crippen molar-refractivity contribution in [2.75, 3.05) is 18.1 Å². The van der Waals surface area contributed by atoms with Crippen molar-refractivity contribution < 1.29 is 9.90 Å². The van der Waals surface area contributed by atoms with Gasteiger partial charge in [0.05, 0.1) is 6.10 Å². The number of Topliss-reactive ketones (excluding diaryl/α,β-unsaturated/α-hetero) is 1. The van der Waals surface area contributed by atoms with E-state index in [1.807, 2.05) is 60.7 Å². The third-order valence-corrected chi connectivity index (χ3v) is 13.4. The van der Waals surface area contributed by atoms with E-state index in [1.54, 1.807) is 6.07 Å². The van der Waals surface area contributed by atoms with E-state index in [9.17, 15) is 9.90 Å². The predicted molar refractivity (Wildman–Crippen MR) is 206 cm³/mol. The molecule has 4 aliphatic carbocycles. The lowest BCUT2D eigenvalue weighted by molar-refractivity contribution is -0.183. The number of aliphatic hydroxyl groups is 1. The highest BCUT2D eigenvalue weighted by Gasteiger charge is 2.64. The van der Waals surface area contributed by atoms with Crippen molar-refractivity contribution in [3.05, 3.63) is 35.4 Å². The first-order valence-electron chi connectivity index (χ1n) is 19.8. The van der Waals surface area contributed by atoms with Gasteiger partial charge in [-0.1, -0.05) is 80.9 Å². The molecule has 0 spiro atoms. The van der Waals surface area contributed by atoms with Crippen LogP contribution in [0.3, 0.4) is 0 Å². The van der Waals surface area contributed by atoms with Gasteiger partial charge in [-0.15, -0.1) is 0 Å². The molecule has 4 nitrogen and oxygen atoms in total. The molecule has 10 atom stereocenters. The summed E-state index contributed by atoms with van der Waals surface area (Å²) in [4.78, 5) is 13.8. The van der Waals surface area contributed by atoms with Crippen LogP contribution in [0.5, 0.6) is 0 Å². The lowest BCUT2D eigenvalue weighted by atomic mass is 9.40. The summed E-state index contributed by atoms with van der Waals surface area (Å²) in [7, 11) is 1.85. The first kappa shape index (κ1) is 41.4. The minimum absolute atomic E-state index is 0.110. The van der Waals surface area contributed by atoms with Crippen molar-refractivity contribution in [3.63, 3.8) is 0 Å². The van der Waals surface area contributed by atoms with Crippen LogP contribution in [-0.2, 0) is 0 Å². The van der Waals surface area contributed by atoms with E-state index in [-0.39, 0.29) is 11.2 Å². The van der Waals surface area contributed by atoms with Gasteiger partial charge in [0.15, 0.2) is 5.78 Å². The Labute approximate surface area is 291 Å². The molecular weight excluding hydrogens is 576 g/mol. The van der Waals surface area contributed by atoms with Gasteiger partial charge < -0.3 is 16.2 Å². The van der Waals surface area contributed by atoms with Crippen LogP contribution in [0, 0.1) is 51.8 Å². The molecule has 4 heteroatoms. The highest BCUT2D eigenvalue weighted by Crippen LogP contribution is 2.70. The van der Waals surface area contributed by atoms with Crippen LogP contribution < -0.4 is 11.1 Å². The average molecular weight is 653 g/mol. The predicted octanol–water partition coefficient (Wildman–Crippen LogP) is 12.0. The molecule has 0 amide bonds. The molecule has 47 heavy (non-hydrogen) atoms. The molecule has 5 rings (SSSR count). The van der Waals surface area contributed by atoms with Crippen LogP contribution in [0.2, 0.25) is 0 Å². The standard InChI is InChI=1S/C37H58N2O2.3C2H6/c1-23(2)9-8-10-24(3)29-12-13-30-28-11-14-33-36(5,31(28)15-17-35(29,30)4)18-16-34(41)37(33,6)22-32(40)25-19-26(38)21-27(20-25)39-7;3*1-2/h9,19-21,24,28-31,33-34,39,41H,8,10-18,22,38H2,1-7H3;3*1-2H3. The van der Waals surface area contributed by atoms with E-state index in [1.165, 1.54) is 50.5 Å². The number of aliphatic hydroxyl groups excluding tert-OH is 1. The van der Waals surface area contributed by atoms with Crippen molar-refractivity contribution in [1.29, 1.82) is 0 Å². The molecule has 4 N–H and O–H groups in total. The first-order chi connectivity index (χ1) is 22.3. The average Bonchev–Trinajstić information content (AvgIpc) is 3.43. The Morgan fingerprint density at radius 1 is 0.915 bits per heavy atom. The van der Waals surface area contributed by atoms with E-state index in [0.717, 1.165) is 48.6 Å². The van der Waals surface area contributed by atoms with Crippen molar-refractivity contribution in [3.8, 4) is 0 Å². The van der Waals surface area contributed by atoms with Gasteiger partial charge in [0.1, 0.15) is 0 Å².